The van der Waals surface area contributed by atoms with Gasteiger partial charge in [-0.25, -0.2) is 18.6 Å². The van der Waals surface area contributed by atoms with Gasteiger partial charge in [0, 0.05) is 30.3 Å². The van der Waals surface area contributed by atoms with Gasteiger partial charge in [-0.2, -0.15) is 5.10 Å². The van der Waals surface area contributed by atoms with Gasteiger partial charge < -0.3 is 9.64 Å². The average Bonchev–Trinajstić information content (AvgIpc) is 3.26. The van der Waals surface area contributed by atoms with Gasteiger partial charge in [-0.05, 0) is 25.8 Å². The summed E-state index contributed by atoms with van der Waals surface area (Å²) in [5, 5.41) is 4.06. The van der Waals surface area contributed by atoms with Gasteiger partial charge in [0.25, 0.3) is 6.43 Å². The van der Waals surface area contributed by atoms with Crippen LogP contribution in [0, 0.1) is 5.41 Å². The molecule has 8 heteroatoms. The summed E-state index contributed by atoms with van der Waals surface area (Å²) in [6.07, 6.45) is 2.66. The van der Waals surface area contributed by atoms with Crippen LogP contribution in [0.4, 0.5) is 14.6 Å². The van der Waals surface area contributed by atoms with Crippen molar-refractivity contribution in [2.75, 3.05) is 24.6 Å². The lowest BCUT2D eigenvalue weighted by Gasteiger charge is -2.41. The highest BCUT2D eigenvalue weighted by molar-refractivity contribution is 5.88. The monoisotopic (exact) mass is 362 g/mol. The van der Waals surface area contributed by atoms with Gasteiger partial charge >= 0.3 is 5.97 Å². The number of ether oxygens (including phenoxy) is 1. The van der Waals surface area contributed by atoms with Crippen LogP contribution in [0.5, 0.6) is 0 Å². The fourth-order valence-electron chi connectivity index (χ4n) is 3.35. The first-order chi connectivity index (χ1) is 12.5. The fourth-order valence-corrected chi connectivity index (χ4v) is 3.35. The van der Waals surface area contributed by atoms with Crippen molar-refractivity contribution in [3.8, 4) is 0 Å². The first kappa shape index (κ1) is 16.9. The van der Waals surface area contributed by atoms with E-state index in [0.29, 0.717) is 22.4 Å². The quantitative estimate of drug-likeness (QED) is 0.739. The molecular weight excluding hydrogens is 342 g/mol. The lowest BCUT2D eigenvalue weighted by atomic mass is 9.97. The molecule has 138 valence electrons. The maximum atomic E-state index is 13.5. The highest BCUT2D eigenvalue weighted by atomic mass is 19.3. The third-order valence-electron chi connectivity index (χ3n) is 5.01. The molecule has 0 unspecified atom stereocenters. The molecule has 2 aromatic rings. The van der Waals surface area contributed by atoms with Gasteiger partial charge in [-0.3, -0.25) is 4.68 Å². The molecule has 0 atom stereocenters. The van der Waals surface area contributed by atoms with Crippen LogP contribution in [-0.2, 0) is 11.3 Å². The molecule has 2 aromatic heterocycles. The van der Waals surface area contributed by atoms with E-state index in [1.54, 1.807) is 19.1 Å². The Morgan fingerprint density at radius 2 is 2.12 bits per heavy atom. The summed E-state index contributed by atoms with van der Waals surface area (Å²) in [6.45, 7) is 3.92. The van der Waals surface area contributed by atoms with Gasteiger partial charge in [0.05, 0.1) is 24.9 Å². The zero-order valence-corrected chi connectivity index (χ0v) is 14.5. The normalized spacial score (nSPS) is 17.5. The number of hydrogen-bond donors (Lipinski definition) is 0. The molecule has 2 fully saturated rings. The zero-order chi connectivity index (χ0) is 18.3. The summed E-state index contributed by atoms with van der Waals surface area (Å²) in [7, 11) is 0. The Bertz CT molecular complexity index is 824. The molecule has 0 amide bonds. The molecule has 1 saturated carbocycles. The summed E-state index contributed by atoms with van der Waals surface area (Å²) in [6, 6.07) is 3.46. The predicted octanol–water partition coefficient (Wildman–Crippen LogP) is 3.04. The van der Waals surface area contributed by atoms with E-state index in [9.17, 15) is 13.6 Å². The number of carbonyl (C=O) groups is 1. The smallest absolute Gasteiger partial charge is 0.341 e. The third kappa shape index (κ3) is 3.15. The van der Waals surface area contributed by atoms with Crippen LogP contribution in [-0.4, -0.2) is 40.4 Å². The molecule has 2 aliphatic rings. The number of nitrogens with zero attached hydrogens (tertiary/aromatic N) is 4. The maximum absolute atomic E-state index is 13.5. The van der Waals surface area contributed by atoms with E-state index in [-0.39, 0.29) is 18.8 Å². The topological polar surface area (TPSA) is 60.2 Å². The zero-order valence-electron chi connectivity index (χ0n) is 14.5. The van der Waals surface area contributed by atoms with Crippen molar-refractivity contribution in [1.29, 1.82) is 0 Å². The van der Waals surface area contributed by atoms with E-state index in [4.69, 9.17) is 4.74 Å². The first-order valence-corrected chi connectivity index (χ1v) is 8.72. The maximum Gasteiger partial charge on any atom is 0.341 e. The molecule has 0 aromatic carbocycles. The number of pyridine rings is 1. The lowest BCUT2D eigenvalue weighted by molar-refractivity contribution is 0.0526. The number of alkyl halides is 2. The molecule has 1 spiro atoms. The number of esters is 1. The van der Waals surface area contributed by atoms with Gasteiger partial charge in [0.15, 0.2) is 0 Å². The number of anilines is 1. The minimum atomic E-state index is -2.67. The largest absolute Gasteiger partial charge is 0.462 e. The van der Waals surface area contributed by atoms with Crippen molar-refractivity contribution in [2.24, 2.45) is 5.41 Å². The number of rotatable bonds is 6. The molecule has 6 nitrogen and oxygen atoms in total. The van der Waals surface area contributed by atoms with E-state index in [2.05, 4.69) is 15.0 Å². The molecule has 4 rings (SSSR count). The summed E-state index contributed by atoms with van der Waals surface area (Å²) in [5.41, 5.74) is 0.894. The second-order valence-corrected chi connectivity index (χ2v) is 7.02. The number of carbonyl (C=O) groups excluding carboxylic acids is 1. The van der Waals surface area contributed by atoms with Crippen molar-refractivity contribution >= 4 is 11.8 Å². The molecular formula is C18H20F2N4O2. The van der Waals surface area contributed by atoms with Crippen molar-refractivity contribution in [3.05, 3.63) is 41.3 Å². The Labute approximate surface area is 149 Å². The van der Waals surface area contributed by atoms with Crippen molar-refractivity contribution in [2.45, 2.75) is 32.7 Å². The standard InChI is InChI=1S/C18H20F2N4O2/c1-2-26-17(25)13-7-21-24(9-13)8-12-3-4-14(22-15(12)16(19)20)23-10-18(11-23)5-6-18/h3-4,7,9,16H,2,5-6,8,10-11H2,1H3. The fraction of sp³-hybridized carbons (Fsp3) is 0.500. The van der Waals surface area contributed by atoms with Crippen molar-refractivity contribution in [1.82, 2.24) is 14.8 Å². The predicted molar refractivity (Wildman–Crippen MR) is 90.4 cm³/mol. The highest BCUT2D eigenvalue weighted by Crippen LogP contribution is 2.53. The number of aromatic nitrogens is 3. The molecule has 1 aliphatic heterocycles. The van der Waals surface area contributed by atoms with E-state index in [1.807, 2.05) is 0 Å². The van der Waals surface area contributed by atoms with Crippen LogP contribution in [0.2, 0.25) is 0 Å². The van der Waals surface area contributed by atoms with E-state index in [1.165, 1.54) is 29.9 Å². The van der Waals surface area contributed by atoms with Crippen molar-refractivity contribution < 1.29 is 18.3 Å². The van der Waals surface area contributed by atoms with E-state index >= 15 is 0 Å². The van der Waals surface area contributed by atoms with Crippen molar-refractivity contribution in [3.63, 3.8) is 0 Å². The Kier molecular flexibility index (Phi) is 4.13. The molecule has 1 aliphatic carbocycles. The minimum Gasteiger partial charge on any atom is -0.462 e. The summed E-state index contributed by atoms with van der Waals surface area (Å²) < 4.78 is 33.4. The minimum absolute atomic E-state index is 0.121. The first-order valence-electron chi connectivity index (χ1n) is 8.72. The van der Waals surface area contributed by atoms with Crippen LogP contribution in [0.25, 0.3) is 0 Å². The third-order valence-corrected chi connectivity index (χ3v) is 5.01. The Hall–Kier alpha value is -2.51. The highest BCUT2D eigenvalue weighted by Gasteiger charge is 2.52. The molecule has 0 bridgehead atoms. The van der Waals surface area contributed by atoms with E-state index < -0.39 is 12.4 Å². The number of halogens is 2. The molecule has 26 heavy (non-hydrogen) atoms. The van der Waals surface area contributed by atoms with E-state index in [0.717, 1.165) is 13.1 Å². The van der Waals surface area contributed by atoms with Crippen LogP contribution in [0.15, 0.2) is 24.5 Å². The SMILES string of the molecule is CCOC(=O)c1cnn(Cc2ccc(N3CC4(CC4)C3)nc2C(F)F)c1. The molecule has 1 saturated heterocycles. The van der Waals surface area contributed by atoms with Gasteiger partial charge in [0.1, 0.15) is 11.5 Å². The second kappa shape index (κ2) is 6.34. The van der Waals surface area contributed by atoms with Crippen LogP contribution in [0.1, 0.15) is 47.8 Å². The van der Waals surface area contributed by atoms with Crippen LogP contribution in [0.3, 0.4) is 0 Å². The summed E-state index contributed by atoms with van der Waals surface area (Å²) in [5.74, 6) is 0.127. The van der Waals surface area contributed by atoms with Crippen LogP contribution >= 0.6 is 0 Å². The molecule has 3 heterocycles. The summed E-state index contributed by atoms with van der Waals surface area (Å²) >= 11 is 0. The van der Waals surface area contributed by atoms with Crippen LogP contribution < -0.4 is 4.90 Å². The van der Waals surface area contributed by atoms with Gasteiger partial charge in [-0.1, -0.05) is 6.07 Å². The van der Waals surface area contributed by atoms with Gasteiger partial charge in [0.2, 0.25) is 0 Å². The number of hydrogen-bond acceptors (Lipinski definition) is 5. The Morgan fingerprint density at radius 3 is 2.77 bits per heavy atom. The summed E-state index contributed by atoms with van der Waals surface area (Å²) in [4.78, 5) is 17.9. The molecule has 0 N–H and O–H groups in total. The Morgan fingerprint density at radius 1 is 1.35 bits per heavy atom. The lowest BCUT2D eigenvalue weighted by Crippen LogP contribution is -2.49. The average molecular weight is 362 g/mol. The second-order valence-electron chi connectivity index (χ2n) is 7.02. The molecule has 0 radical (unpaired) electrons. The van der Waals surface area contributed by atoms with Gasteiger partial charge in [-0.15, -0.1) is 0 Å². The Balaban J connectivity index is 1.51.